The summed E-state index contributed by atoms with van der Waals surface area (Å²) in [6.45, 7) is 6.96. The Bertz CT molecular complexity index is 500. The highest BCUT2D eigenvalue weighted by atomic mass is 16.5. The Morgan fingerprint density at radius 2 is 1.65 bits per heavy atom. The molecule has 2 aromatic rings. The van der Waals surface area contributed by atoms with Crippen molar-refractivity contribution in [2.24, 2.45) is 0 Å². The van der Waals surface area contributed by atoms with Gasteiger partial charge in [0.15, 0.2) is 0 Å². The number of ether oxygens (including phenoxy) is 1. The smallest absolute Gasteiger partial charge is 0.123 e. The molecule has 0 saturated carbocycles. The lowest BCUT2D eigenvalue weighted by Gasteiger charge is -2.12. The van der Waals surface area contributed by atoms with E-state index in [4.69, 9.17) is 4.74 Å². The Balaban J connectivity index is 2.14. The molecule has 2 aromatic carbocycles. The highest BCUT2D eigenvalue weighted by Crippen LogP contribution is 2.24. The summed E-state index contributed by atoms with van der Waals surface area (Å²) in [7, 11) is 0. The fourth-order valence-corrected chi connectivity index (χ4v) is 1.89. The van der Waals surface area contributed by atoms with E-state index in [2.05, 4.69) is 45.0 Å². The molecular formula is C16H18O. The maximum atomic E-state index is 5.88. The second-order valence-corrected chi connectivity index (χ2v) is 4.48. The largest absolute Gasteiger partial charge is 0.489 e. The molecule has 0 saturated heterocycles. The normalized spacial score (nSPS) is 10.3. The highest BCUT2D eigenvalue weighted by Gasteiger charge is 2.04. The molecule has 0 radical (unpaired) electrons. The van der Waals surface area contributed by atoms with Gasteiger partial charge in [-0.05, 0) is 49.1 Å². The lowest BCUT2D eigenvalue weighted by atomic mass is 10.1. The Morgan fingerprint density at radius 3 is 2.35 bits per heavy atom. The first kappa shape index (κ1) is 11.7. The molecule has 0 bridgehead atoms. The van der Waals surface area contributed by atoms with Crippen LogP contribution in [-0.2, 0) is 6.61 Å². The van der Waals surface area contributed by atoms with Crippen LogP contribution < -0.4 is 4.74 Å². The van der Waals surface area contributed by atoms with Crippen LogP contribution in [0.5, 0.6) is 5.75 Å². The molecule has 0 N–H and O–H groups in total. The van der Waals surface area contributed by atoms with Crippen LogP contribution in [0, 0.1) is 20.8 Å². The summed E-state index contributed by atoms with van der Waals surface area (Å²) in [6, 6.07) is 14.5. The van der Waals surface area contributed by atoms with Crippen LogP contribution in [0.4, 0.5) is 0 Å². The van der Waals surface area contributed by atoms with Gasteiger partial charge in [0, 0.05) is 0 Å². The van der Waals surface area contributed by atoms with E-state index in [-0.39, 0.29) is 0 Å². The van der Waals surface area contributed by atoms with Crippen LogP contribution in [0.25, 0.3) is 0 Å². The Hall–Kier alpha value is -1.76. The predicted molar refractivity (Wildman–Crippen MR) is 71.4 cm³/mol. The molecule has 0 fully saturated rings. The molecule has 1 nitrogen and oxygen atoms in total. The standard InChI is InChI=1S/C16H18O/c1-12-9-13(2)14(3)16(10-12)17-11-15-7-5-4-6-8-15/h4-10H,11H2,1-3H3. The summed E-state index contributed by atoms with van der Waals surface area (Å²) < 4.78 is 5.88. The van der Waals surface area contributed by atoms with Crippen LogP contribution in [0.1, 0.15) is 22.3 Å². The molecule has 0 atom stereocenters. The molecule has 0 amide bonds. The van der Waals surface area contributed by atoms with E-state index in [0.29, 0.717) is 6.61 Å². The van der Waals surface area contributed by atoms with E-state index in [1.54, 1.807) is 0 Å². The topological polar surface area (TPSA) is 9.23 Å². The van der Waals surface area contributed by atoms with Crippen LogP contribution >= 0.6 is 0 Å². The second kappa shape index (κ2) is 5.05. The van der Waals surface area contributed by atoms with E-state index in [1.165, 1.54) is 22.3 Å². The third-order valence-corrected chi connectivity index (χ3v) is 3.00. The third-order valence-electron chi connectivity index (χ3n) is 3.00. The molecule has 88 valence electrons. The Morgan fingerprint density at radius 1 is 0.941 bits per heavy atom. The van der Waals surface area contributed by atoms with Crippen LogP contribution in [-0.4, -0.2) is 0 Å². The summed E-state index contributed by atoms with van der Waals surface area (Å²) in [6.07, 6.45) is 0. The first-order valence-corrected chi connectivity index (χ1v) is 5.91. The number of hydrogen-bond acceptors (Lipinski definition) is 1. The van der Waals surface area contributed by atoms with E-state index in [0.717, 1.165) is 5.75 Å². The van der Waals surface area contributed by atoms with Crippen LogP contribution in [0.3, 0.4) is 0 Å². The number of rotatable bonds is 3. The van der Waals surface area contributed by atoms with Crippen molar-refractivity contribution in [3.8, 4) is 5.75 Å². The Kier molecular flexibility index (Phi) is 3.48. The number of aryl methyl sites for hydroxylation is 2. The lowest BCUT2D eigenvalue weighted by Crippen LogP contribution is -1.98. The van der Waals surface area contributed by atoms with E-state index in [1.807, 2.05) is 18.2 Å². The van der Waals surface area contributed by atoms with Crippen LogP contribution in [0.15, 0.2) is 42.5 Å². The van der Waals surface area contributed by atoms with E-state index in [9.17, 15) is 0 Å². The second-order valence-electron chi connectivity index (χ2n) is 4.48. The first-order chi connectivity index (χ1) is 8.16. The summed E-state index contributed by atoms with van der Waals surface area (Å²) in [5.74, 6) is 0.992. The SMILES string of the molecule is Cc1cc(C)c(C)c(OCc2ccccc2)c1. The fourth-order valence-electron chi connectivity index (χ4n) is 1.89. The average molecular weight is 226 g/mol. The van der Waals surface area contributed by atoms with Crippen molar-refractivity contribution >= 4 is 0 Å². The van der Waals surface area contributed by atoms with Gasteiger partial charge in [0.1, 0.15) is 12.4 Å². The van der Waals surface area contributed by atoms with Crippen LogP contribution in [0.2, 0.25) is 0 Å². The van der Waals surface area contributed by atoms with Crippen molar-refractivity contribution in [2.75, 3.05) is 0 Å². The van der Waals surface area contributed by atoms with Crippen molar-refractivity contribution in [2.45, 2.75) is 27.4 Å². The molecule has 0 spiro atoms. The van der Waals surface area contributed by atoms with Gasteiger partial charge >= 0.3 is 0 Å². The minimum atomic E-state index is 0.630. The molecule has 0 aromatic heterocycles. The van der Waals surface area contributed by atoms with Crippen molar-refractivity contribution in [3.63, 3.8) is 0 Å². The van der Waals surface area contributed by atoms with Gasteiger partial charge in [-0.2, -0.15) is 0 Å². The molecule has 0 aliphatic heterocycles. The van der Waals surface area contributed by atoms with Gasteiger partial charge in [0.2, 0.25) is 0 Å². The zero-order chi connectivity index (χ0) is 12.3. The van der Waals surface area contributed by atoms with Crippen molar-refractivity contribution in [1.29, 1.82) is 0 Å². The first-order valence-electron chi connectivity index (χ1n) is 5.91. The number of hydrogen-bond donors (Lipinski definition) is 0. The van der Waals surface area contributed by atoms with Gasteiger partial charge in [0.25, 0.3) is 0 Å². The molecule has 2 rings (SSSR count). The van der Waals surface area contributed by atoms with Gasteiger partial charge in [-0.1, -0.05) is 36.4 Å². The van der Waals surface area contributed by atoms with Gasteiger partial charge in [0.05, 0.1) is 0 Å². The molecule has 1 heteroatoms. The van der Waals surface area contributed by atoms with Crippen molar-refractivity contribution in [1.82, 2.24) is 0 Å². The molecule has 0 aliphatic carbocycles. The quantitative estimate of drug-likeness (QED) is 0.762. The molecule has 17 heavy (non-hydrogen) atoms. The molecule has 0 unspecified atom stereocenters. The van der Waals surface area contributed by atoms with Crippen molar-refractivity contribution < 1.29 is 4.74 Å². The maximum absolute atomic E-state index is 5.88. The summed E-state index contributed by atoms with van der Waals surface area (Å²) in [5.41, 5.74) is 4.96. The highest BCUT2D eigenvalue weighted by molar-refractivity contribution is 5.42. The summed E-state index contributed by atoms with van der Waals surface area (Å²) >= 11 is 0. The zero-order valence-electron chi connectivity index (χ0n) is 10.7. The Labute approximate surface area is 103 Å². The molecular weight excluding hydrogens is 208 g/mol. The van der Waals surface area contributed by atoms with Crippen molar-refractivity contribution in [3.05, 3.63) is 64.7 Å². The number of benzene rings is 2. The minimum Gasteiger partial charge on any atom is -0.489 e. The lowest BCUT2D eigenvalue weighted by molar-refractivity contribution is 0.303. The summed E-state index contributed by atoms with van der Waals surface area (Å²) in [5, 5.41) is 0. The molecule has 0 aliphatic rings. The van der Waals surface area contributed by atoms with E-state index >= 15 is 0 Å². The summed E-state index contributed by atoms with van der Waals surface area (Å²) in [4.78, 5) is 0. The van der Waals surface area contributed by atoms with Gasteiger partial charge in [-0.3, -0.25) is 0 Å². The zero-order valence-corrected chi connectivity index (χ0v) is 10.7. The van der Waals surface area contributed by atoms with Gasteiger partial charge < -0.3 is 4.74 Å². The van der Waals surface area contributed by atoms with E-state index < -0.39 is 0 Å². The monoisotopic (exact) mass is 226 g/mol. The maximum Gasteiger partial charge on any atom is 0.123 e. The average Bonchev–Trinajstić information content (AvgIpc) is 2.33. The fraction of sp³-hybridized carbons (Fsp3) is 0.250. The van der Waals surface area contributed by atoms with Gasteiger partial charge in [-0.15, -0.1) is 0 Å². The third kappa shape index (κ3) is 2.88. The van der Waals surface area contributed by atoms with Gasteiger partial charge in [-0.25, -0.2) is 0 Å². The molecule has 0 heterocycles. The predicted octanol–water partition coefficient (Wildman–Crippen LogP) is 4.19. The minimum absolute atomic E-state index is 0.630.